The minimum Gasteiger partial charge on any atom is -0.451 e. The number of nitrogens with one attached hydrogen (secondary N) is 2. The molecule has 0 radical (unpaired) electrons. The molecular formula is C23H23ClFN2O2+. The molecule has 6 heteroatoms. The Hall–Kier alpha value is -2.63. The molecule has 0 bridgehead atoms. The van der Waals surface area contributed by atoms with Crippen molar-refractivity contribution in [2.45, 2.75) is 25.4 Å². The van der Waals surface area contributed by atoms with Gasteiger partial charge in [0.05, 0.1) is 18.7 Å². The highest BCUT2D eigenvalue weighted by atomic mass is 35.5. The summed E-state index contributed by atoms with van der Waals surface area (Å²) in [7, 11) is 0. The maximum absolute atomic E-state index is 13.9. The monoisotopic (exact) mass is 413 g/mol. The average Bonchev–Trinajstić information content (AvgIpc) is 3.22. The number of likely N-dealkylation sites (tertiary alicyclic amines) is 1. The van der Waals surface area contributed by atoms with Crippen LogP contribution in [0.3, 0.4) is 0 Å². The molecule has 1 aliphatic heterocycles. The summed E-state index contributed by atoms with van der Waals surface area (Å²) in [6.45, 7) is 2.94. The second-order valence-electron chi connectivity index (χ2n) is 7.44. The molecule has 4 nitrogen and oxygen atoms in total. The Morgan fingerprint density at radius 2 is 1.79 bits per heavy atom. The van der Waals surface area contributed by atoms with Crippen molar-refractivity contribution >= 4 is 17.5 Å². The van der Waals surface area contributed by atoms with Crippen LogP contribution in [0.4, 0.5) is 4.39 Å². The maximum atomic E-state index is 13.9. The van der Waals surface area contributed by atoms with Gasteiger partial charge in [-0.05, 0) is 36.4 Å². The van der Waals surface area contributed by atoms with E-state index in [1.54, 1.807) is 30.3 Å². The summed E-state index contributed by atoms with van der Waals surface area (Å²) in [6, 6.07) is 17.7. The fraction of sp³-hybridized carbons (Fsp3) is 0.261. The smallest absolute Gasteiger partial charge is 0.287 e. The zero-order chi connectivity index (χ0) is 20.2. The number of benzene rings is 2. The van der Waals surface area contributed by atoms with Crippen LogP contribution in [0, 0.1) is 5.82 Å². The molecule has 0 spiro atoms. The number of halogens is 2. The summed E-state index contributed by atoms with van der Waals surface area (Å²) in [5.41, 5.74) is 1.62. The van der Waals surface area contributed by atoms with Crippen LogP contribution in [0.1, 0.15) is 29.0 Å². The van der Waals surface area contributed by atoms with Gasteiger partial charge in [-0.25, -0.2) is 4.39 Å². The summed E-state index contributed by atoms with van der Waals surface area (Å²) < 4.78 is 19.5. The highest BCUT2D eigenvalue weighted by Crippen LogP contribution is 2.24. The number of quaternary nitrogens is 1. The first-order valence-corrected chi connectivity index (χ1v) is 10.2. The number of rotatable bonds is 5. The molecule has 1 aliphatic rings. The molecule has 0 saturated carbocycles. The quantitative estimate of drug-likeness (QED) is 0.669. The minimum absolute atomic E-state index is 0.124. The van der Waals surface area contributed by atoms with Crippen molar-refractivity contribution < 1.29 is 18.5 Å². The van der Waals surface area contributed by atoms with Crippen LogP contribution < -0.4 is 10.2 Å². The highest BCUT2D eigenvalue weighted by Gasteiger charge is 2.25. The number of hydrogen-bond donors (Lipinski definition) is 2. The predicted octanol–water partition coefficient (Wildman–Crippen LogP) is 3.72. The number of hydrogen-bond acceptors (Lipinski definition) is 2. The molecule has 3 aromatic rings. The van der Waals surface area contributed by atoms with E-state index in [1.807, 2.05) is 12.1 Å². The van der Waals surface area contributed by atoms with Crippen LogP contribution in [-0.2, 0) is 6.54 Å². The molecule has 0 unspecified atom stereocenters. The van der Waals surface area contributed by atoms with Crippen molar-refractivity contribution in [1.82, 2.24) is 5.32 Å². The Bertz CT molecular complexity index is 979. The first-order valence-electron chi connectivity index (χ1n) is 9.82. The molecule has 29 heavy (non-hydrogen) atoms. The van der Waals surface area contributed by atoms with Gasteiger partial charge in [0, 0.05) is 29.5 Å². The summed E-state index contributed by atoms with van der Waals surface area (Å²) >= 11 is 5.94. The van der Waals surface area contributed by atoms with Crippen molar-refractivity contribution in [3.63, 3.8) is 0 Å². The van der Waals surface area contributed by atoms with Crippen LogP contribution in [0.5, 0.6) is 0 Å². The van der Waals surface area contributed by atoms with Crippen molar-refractivity contribution in [2.75, 3.05) is 13.1 Å². The number of carbonyl (C=O) groups is 1. The van der Waals surface area contributed by atoms with E-state index in [0.29, 0.717) is 11.3 Å². The van der Waals surface area contributed by atoms with Gasteiger partial charge >= 0.3 is 0 Å². The van der Waals surface area contributed by atoms with E-state index in [9.17, 15) is 9.18 Å². The topological polar surface area (TPSA) is 46.7 Å². The van der Waals surface area contributed by atoms with E-state index in [4.69, 9.17) is 16.0 Å². The van der Waals surface area contributed by atoms with Crippen LogP contribution >= 0.6 is 11.6 Å². The standard InChI is InChI=1S/C23H22ClFN2O2/c24-17-7-5-16(6-8-17)15-27-13-11-18(12-14-27)26-23(28)22-10-9-21(29-22)19-3-1-2-4-20(19)25/h1-10,18H,11-15H2,(H,26,28)/p+1. The van der Waals surface area contributed by atoms with Crippen LogP contribution in [0.2, 0.25) is 5.02 Å². The van der Waals surface area contributed by atoms with E-state index in [-0.39, 0.29) is 23.5 Å². The number of amides is 1. The SMILES string of the molecule is O=C(NC1CC[NH+](Cc2ccc(Cl)cc2)CC1)c1ccc(-c2ccccc2F)o1. The van der Waals surface area contributed by atoms with E-state index in [1.165, 1.54) is 16.5 Å². The van der Waals surface area contributed by atoms with E-state index in [2.05, 4.69) is 17.4 Å². The molecule has 2 N–H and O–H groups in total. The lowest BCUT2D eigenvalue weighted by atomic mass is 10.0. The van der Waals surface area contributed by atoms with E-state index < -0.39 is 0 Å². The Balaban J connectivity index is 1.30. The Kier molecular flexibility index (Phi) is 5.97. The predicted molar refractivity (Wildman–Crippen MR) is 110 cm³/mol. The molecule has 2 aromatic carbocycles. The lowest BCUT2D eigenvalue weighted by molar-refractivity contribution is -0.918. The summed E-state index contributed by atoms with van der Waals surface area (Å²) in [5, 5.41) is 3.80. The van der Waals surface area contributed by atoms with Crippen molar-refractivity contribution in [2.24, 2.45) is 0 Å². The van der Waals surface area contributed by atoms with E-state index in [0.717, 1.165) is 37.5 Å². The first kappa shape index (κ1) is 19.7. The van der Waals surface area contributed by atoms with Crippen molar-refractivity contribution in [3.05, 3.63) is 82.8 Å². The van der Waals surface area contributed by atoms with E-state index >= 15 is 0 Å². The Labute approximate surface area is 174 Å². The lowest BCUT2D eigenvalue weighted by Crippen LogP contribution is -3.12. The van der Waals surface area contributed by atoms with Crippen LogP contribution in [-0.4, -0.2) is 25.0 Å². The highest BCUT2D eigenvalue weighted by molar-refractivity contribution is 6.30. The van der Waals surface area contributed by atoms with Gasteiger partial charge in [-0.15, -0.1) is 0 Å². The van der Waals surface area contributed by atoms with Gasteiger partial charge in [0.15, 0.2) is 5.76 Å². The zero-order valence-electron chi connectivity index (χ0n) is 16.0. The number of furan rings is 1. The fourth-order valence-electron chi connectivity index (χ4n) is 3.76. The number of carbonyl (C=O) groups excluding carboxylic acids is 1. The molecule has 1 amide bonds. The molecule has 150 valence electrons. The van der Waals surface area contributed by atoms with Gasteiger partial charge in [0.2, 0.25) is 0 Å². The van der Waals surface area contributed by atoms with Gasteiger partial charge in [-0.1, -0.05) is 35.9 Å². The second kappa shape index (κ2) is 8.80. The van der Waals surface area contributed by atoms with Crippen molar-refractivity contribution in [3.8, 4) is 11.3 Å². The van der Waals surface area contributed by atoms with Crippen LogP contribution in [0.25, 0.3) is 11.3 Å². The summed E-state index contributed by atoms with van der Waals surface area (Å²) in [4.78, 5) is 14.0. The first-order chi connectivity index (χ1) is 14.1. The van der Waals surface area contributed by atoms with Gasteiger partial charge in [-0.2, -0.15) is 0 Å². The molecular weight excluding hydrogens is 391 g/mol. The molecule has 1 aromatic heterocycles. The normalized spacial score (nSPS) is 19.1. The maximum Gasteiger partial charge on any atom is 0.287 e. The van der Waals surface area contributed by atoms with Gasteiger partial charge in [0.25, 0.3) is 5.91 Å². The fourth-order valence-corrected chi connectivity index (χ4v) is 3.89. The van der Waals surface area contributed by atoms with Crippen LogP contribution in [0.15, 0.2) is 65.1 Å². The molecule has 4 rings (SSSR count). The average molecular weight is 414 g/mol. The second-order valence-corrected chi connectivity index (χ2v) is 7.88. The Morgan fingerprint density at radius 3 is 2.52 bits per heavy atom. The molecule has 0 aliphatic carbocycles. The molecule has 2 heterocycles. The molecule has 0 atom stereocenters. The Morgan fingerprint density at radius 1 is 1.07 bits per heavy atom. The third-order valence-electron chi connectivity index (χ3n) is 5.36. The largest absolute Gasteiger partial charge is 0.451 e. The lowest BCUT2D eigenvalue weighted by Gasteiger charge is -2.29. The van der Waals surface area contributed by atoms with Gasteiger partial charge in [0.1, 0.15) is 18.1 Å². The number of piperidine rings is 1. The third kappa shape index (κ3) is 4.86. The van der Waals surface area contributed by atoms with Gasteiger partial charge < -0.3 is 14.6 Å². The summed E-state index contributed by atoms with van der Waals surface area (Å²) in [5.74, 6) is -0.0572. The molecule has 1 fully saturated rings. The summed E-state index contributed by atoms with van der Waals surface area (Å²) in [6.07, 6.45) is 1.82. The zero-order valence-corrected chi connectivity index (χ0v) is 16.7. The third-order valence-corrected chi connectivity index (χ3v) is 5.62. The minimum atomic E-state index is -0.371. The molecule has 1 saturated heterocycles. The van der Waals surface area contributed by atoms with Crippen molar-refractivity contribution in [1.29, 1.82) is 0 Å². The van der Waals surface area contributed by atoms with Gasteiger partial charge in [-0.3, -0.25) is 4.79 Å².